The van der Waals surface area contributed by atoms with E-state index in [1.54, 1.807) is 0 Å². The molecule has 2 rings (SSSR count). The molecule has 0 aliphatic carbocycles. The third-order valence-corrected chi connectivity index (χ3v) is 3.13. The number of hydrogen-bond acceptors (Lipinski definition) is 5. The molecule has 1 saturated heterocycles. The van der Waals surface area contributed by atoms with E-state index in [0.29, 0.717) is 24.7 Å². The molecule has 6 nitrogen and oxygen atoms in total. The number of rotatable bonds is 5. The molecule has 0 saturated carbocycles. The number of carboxylic acids is 1. The van der Waals surface area contributed by atoms with E-state index in [4.69, 9.17) is 9.63 Å². The summed E-state index contributed by atoms with van der Waals surface area (Å²) in [6, 6.07) is 0. The van der Waals surface area contributed by atoms with E-state index >= 15 is 0 Å². The van der Waals surface area contributed by atoms with Crippen LogP contribution < -0.4 is 4.90 Å². The first-order chi connectivity index (χ1) is 8.75. The van der Waals surface area contributed by atoms with Gasteiger partial charge in [-0.15, -0.1) is 0 Å². The van der Waals surface area contributed by atoms with Crippen molar-refractivity contribution in [3.05, 3.63) is 5.89 Å². The summed E-state index contributed by atoms with van der Waals surface area (Å²) in [5.74, 6) is 0.403. The van der Waals surface area contributed by atoms with Gasteiger partial charge < -0.3 is 14.5 Å². The minimum atomic E-state index is -0.790. The molecule has 1 aliphatic heterocycles. The highest BCUT2D eigenvalue weighted by Gasteiger charge is 2.15. The fourth-order valence-corrected chi connectivity index (χ4v) is 2.14. The van der Waals surface area contributed by atoms with Crippen LogP contribution in [0.2, 0.25) is 0 Å². The van der Waals surface area contributed by atoms with Gasteiger partial charge in [-0.3, -0.25) is 4.79 Å². The number of aromatic nitrogens is 2. The first-order valence-electron chi connectivity index (χ1n) is 6.55. The Morgan fingerprint density at radius 3 is 2.67 bits per heavy atom. The SMILES string of the molecule is O=C(O)CCCc1nc(N2CCCCCC2)no1. The summed E-state index contributed by atoms with van der Waals surface area (Å²) < 4.78 is 5.14. The number of hydrogen-bond donors (Lipinski definition) is 1. The zero-order valence-corrected chi connectivity index (χ0v) is 10.5. The van der Waals surface area contributed by atoms with Gasteiger partial charge in [0.05, 0.1) is 0 Å². The summed E-state index contributed by atoms with van der Waals surface area (Å²) in [5.41, 5.74) is 0. The molecule has 1 N–H and O–H groups in total. The highest BCUT2D eigenvalue weighted by Crippen LogP contribution is 2.16. The van der Waals surface area contributed by atoms with Gasteiger partial charge in [0.25, 0.3) is 5.95 Å². The van der Waals surface area contributed by atoms with Gasteiger partial charge in [-0.05, 0) is 24.4 Å². The lowest BCUT2D eigenvalue weighted by atomic mass is 10.2. The normalized spacial score (nSPS) is 16.6. The molecule has 0 amide bonds. The van der Waals surface area contributed by atoms with Crippen LogP contribution >= 0.6 is 0 Å². The Morgan fingerprint density at radius 1 is 1.28 bits per heavy atom. The standard InChI is InChI=1S/C12H19N3O3/c16-11(17)7-5-6-10-13-12(14-18-10)15-8-3-1-2-4-9-15/h1-9H2,(H,16,17). The Kier molecular flexibility index (Phi) is 4.55. The van der Waals surface area contributed by atoms with Crippen LogP contribution in [0.3, 0.4) is 0 Å². The fourth-order valence-electron chi connectivity index (χ4n) is 2.14. The second-order valence-electron chi connectivity index (χ2n) is 4.64. The molecule has 18 heavy (non-hydrogen) atoms. The maximum Gasteiger partial charge on any atom is 0.303 e. The maximum absolute atomic E-state index is 10.4. The quantitative estimate of drug-likeness (QED) is 0.862. The van der Waals surface area contributed by atoms with Crippen LogP contribution in [-0.4, -0.2) is 34.3 Å². The van der Waals surface area contributed by atoms with Gasteiger partial charge >= 0.3 is 5.97 Å². The minimum absolute atomic E-state index is 0.140. The second kappa shape index (κ2) is 6.37. The first-order valence-corrected chi connectivity index (χ1v) is 6.55. The molecule has 0 bridgehead atoms. The molecule has 0 radical (unpaired) electrons. The topological polar surface area (TPSA) is 79.5 Å². The molecule has 6 heteroatoms. The van der Waals surface area contributed by atoms with E-state index in [-0.39, 0.29) is 6.42 Å². The second-order valence-corrected chi connectivity index (χ2v) is 4.64. The Balaban J connectivity index is 1.86. The van der Waals surface area contributed by atoms with Crippen LogP contribution in [0.25, 0.3) is 0 Å². The predicted molar refractivity (Wildman–Crippen MR) is 65.6 cm³/mol. The van der Waals surface area contributed by atoms with E-state index in [1.807, 2.05) is 0 Å². The summed E-state index contributed by atoms with van der Waals surface area (Å²) in [7, 11) is 0. The van der Waals surface area contributed by atoms with Crippen molar-refractivity contribution < 1.29 is 14.4 Å². The lowest BCUT2D eigenvalue weighted by molar-refractivity contribution is -0.137. The van der Waals surface area contributed by atoms with Crippen molar-refractivity contribution in [2.24, 2.45) is 0 Å². The lowest BCUT2D eigenvalue weighted by Crippen LogP contribution is -2.24. The van der Waals surface area contributed by atoms with Gasteiger partial charge in [-0.2, -0.15) is 4.98 Å². The molecule has 0 unspecified atom stereocenters. The molecule has 0 atom stereocenters. The number of nitrogens with zero attached hydrogens (tertiary/aromatic N) is 3. The number of carboxylic acid groups (broad SMARTS) is 1. The van der Waals surface area contributed by atoms with Crippen molar-refractivity contribution in [1.29, 1.82) is 0 Å². The molecular formula is C12H19N3O3. The Morgan fingerprint density at radius 2 is 2.00 bits per heavy atom. The van der Waals surface area contributed by atoms with Crippen LogP contribution in [0.1, 0.15) is 44.4 Å². The number of aliphatic carboxylic acids is 1. The maximum atomic E-state index is 10.4. The van der Waals surface area contributed by atoms with E-state index in [1.165, 1.54) is 25.7 Å². The van der Waals surface area contributed by atoms with Crippen LogP contribution in [0.5, 0.6) is 0 Å². The molecule has 100 valence electrons. The van der Waals surface area contributed by atoms with Crippen molar-refractivity contribution in [1.82, 2.24) is 10.1 Å². The van der Waals surface area contributed by atoms with Crippen LogP contribution in [0.4, 0.5) is 5.95 Å². The summed E-state index contributed by atoms with van der Waals surface area (Å²) in [5, 5.41) is 12.5. The van der Waals surface area contributed by atoms with Crippen molar-refractivity contribution in [2.75, 3.05) is 18.0 Å². The van der Waals surface area contributed by atoms with Gasteiger partial charge in [-0.25, -0.2) is 0 Å². The molecule has 0 spiro atoms. The van der Waals surface area contributed by atoms with E-state index < -0.39 is 5.97 Å². The Bertz CT molecular complexity index is 384. The fraction of sp³-hybridized carbons (Fsp3) is 0.750. The predicted octanol–water partition coefficient (Wildman–Crippen LogP) is 1.86. The Hall–Kier alpha value is -1.59. The van der Waals surface area contributed by atoms with Crippen molar-refractivity contribution in [2.45, 2.75) is 44.9 Å². The van der Waals surface area contributed by atoms with E-state index in [2.05, 4.69) is 15.0 Å². The van der Waals surface area contributed by atoms with Crippen LogP contribution in [0.15, 0.2) is 4.52 Å². The Labute approximate surface area is 106 Å². The molecule has 1 aromatic rings. The average molecular weight is 253 g/mol. The van der Waals surface area contributed by atoms with Gasteiger partial charge in [-0.1, -0.05) is 12.8 Å². The molecule has 1 aliphatic rings. The molecule has 1 fully saturated rings. The summed E-state index contributed by atoms with van der Waals surface area (Å²) in [6.45, 7) is 1.96. The summed E-state index contributed by atoms with van der Waals surface area (Å²) >= 11 is 0. The molecule has 2 heterocycles. The highest BCUT2D eigenvalue weighted by atomic mass is 16.5. The van der Waals surface area contributed by atoms with Crippen LogP contribution in [0, 0.1) is 0 Å². The number of anilines is 1. The largest absolute Gasteiger partial charge is 0.481 e. The zero-order valence-electron chi connectivity index (χ0n) is 10.5. The van der Waals surface area contributed by atoms with Crippen molar-refractivity contribution in [3.8, 4) is 0 Å². The van der Waals surface area contributed by atoms with Crippen molar-refractivity contribution >= 4 is 11.9 Å². The summed E-state index contributed by atoms with van der Waals surface area (Å²) in [4.78, 5) is 16.9. The summed E-state index contributed by atoms with van der Waals surface area (Å²) in [6.07, 6.45) is 6.08. The lowest BCUT2D eigenvalue weighted by Gasteiger charge is -2.16. The number of aryl methyl sites for hydroxylation is 1. The third-order valence-electron chi connectivity index (χ3n) is 3.13. The van der Waals surface area contributed by atoms with Crippen LogP contribution in [-0.2, 0) is 11.2 Å². The van der Waals surface area contributed by atoms with Gasteiger partial charge in [0.2, 0.25) is 5.89 Å². The average Bonchev–Trinajstić information content (AvgIpc) is 2.63. The smallest absolute Gasteiger partial charge is 0.303 e. The third kappa shape index (κ3) is 3.72. The van der Waals surface area contributed by atoms with E-state index in [0.717, 1.165) is 13.1 Å². The molecule has 0 aromatic carbocycles. The van der Waals surface area contributed by atoms with E-state index in [9.17, 15) is 4.79 Å². The van der Waals surface area contributed by atoms with Gasteiger partial charge in [0.15, 0.2) is 0 Å². The first kappa shape index (κ1) is 12.9. The zero-order chi connectivity index (χ0) is 12.8. The highest BCUT2D eigenvalue weighted by molar-refractivity contribution is 5.66. The van der Waals surface area contributed by atoms with Crippen molar-refractivity contribution in [3.63, 3.8) is 0 Å². The van der Waals surface area contributed by atoms with Gasteiger partial charge in [0.1, 0.15) is 0 Å². The monoisotopic (exact) mass is 253 g/mol. The molecule has 1 aromatic heterocycles. The number of carbonyl (C=O) groups is 1. The minimum Gasteiger partial charge on any atom is -0.481 e. The van der Waals surface area contributed by atoms with Gasteiger partial charge in [0, 0.05) is 25.9 Å². The molecular weight excluding hydrogens is 234 g/mol.